The van der Waals surface area contributed by atoms with E-state index in [-0.39, 0.29) is 11.4 Å². The maximum absolute atomic E-state index is 12.2. The lowest BCUT2D eigenvalue weighted by atomic mass is 10.1. The number of nitrogen functional groups attached to an aromatic ring is 1. The minimum atomic E-state index is -3.69. The van der Waals surface area contributed by atoms with Crippen molar-refractivity contribution < 1.29 is 13.5 Å². The van der Waals surface area contributed by atoms with E-state index in [9.17, 15) is 13.5 Å². The Morgan fingerprint density at radius 2 is 2.11 bits per heavy atom. The number of fused-ring (bicyclic) bond motifs is 1. The molecule has 0 saturated carbocycles. The first kappa shape index (κ1) is 13.9. The zero-order chi connectivity index (χ0) is 14.3. The Labute approximate surface area is 111 Å². The predicted molar refractivity (Wildman–Crippen MR) is 74.2 cm³/mol. The van der Waals surface area contributed by atoms with E-state index in [2.05, 4.69) is 9.71 Å². The smallest absolute Gasteiger partial charge is 0.242 e. The SMILES string of the molecule is CC(C)(O)CNS(=O)(=O)c1c[nH]c2ccc(N)cc12. The van der Waals surface area contributed by atoms with Crippen molar-refractivity contribution in [3.8, 4) is 0 Å². The van der Waals surface area contributed by atoms with Gasteiger partial charge in [-0.05, 0) is 32.0 Å². The molecule has 6 nitrogen and oxygen atoms in total. The maximum atomic E-state index is 12.2. The average molecular weight is 283 g/mol. The number of anilines is 1. The molecule has 0 radical (unpaired) electrons. The molecule has 5 N–H and O–H groups in total. The number of aliphatic hydroxyl groups is 1. The molecule has 1 heterocycles. The monoisotopic (exact) mass is 283 g/mol. The summed E-state index contributed by atoms with van der Waals surface area (Å²) in [4.78, 5) is 3.01. The van der Waals surface area contributed by atoms with Crippen LogP contribution in [0.1, 0.15) is 13.8 Å². The molecule has 0 amide bonds. The highest BCUT2D eigenvalue weighted by atomic mass is 32.2. The minimum Gasteiger partial charge on any atom is -0.399 e. The normalized spacial score (nSPS) is 13.0. The number of benzene rings is 1. The first-order chi connectivity index (χ1) is 8.69. The fourth-order valence-electron chi connectivity index (χ4n) is 1.68. The molecular weight excluding hydrogens is 266 g/mol. The molecule has 0 unspecified atom stereocenters. The van der Waals surface area contributed by atoms with Crippen LogP contribution in [0.2, 0.25) is 0 Å². The number of sulfonamides is 1. The second-order valence-corrected chi connectivity index (χ2v) is 6.83. The Kier molecular flexibility index (Phi) is 3.29. The number of hydrogen-bond acceptors (Lipinski definition) is 4. The Morgan fingerprint density at radius 1 is 1.42 bits per heavy atom. The third kappa shape index (κ3) is 3.06. The summed E-state index contributed by atoms with van der Waals surface area (Å²) in [6.07, 6.45) is 1.41. The van der Waals surface area contributed by atoms with Gasteiger partial charge in [-0.15, -0.1) is 0 Å². The van der Waals surface area contributed by atoms with Crippen LogP contribution in [0.5, 0.6) is 0 Å². The van der Waals surface area contributed by atoms with E-state index < -0.39 is 15.6 Å². The zero-order valence-electron chi connectivity index (χ0n) is 10.8. The molecule has 19 heavy (non-hydrogen) atoms. The lowest BCUT2D eigenvalue weighted by Crippen LogP contribution is -2.38. The lowest BCUT2D eigenvalue weighted by Gasteiger charge is -2.17. The number of nitrogens with one attached hydrogen (secondary N) is 2. The maximum Gasteiger partial charge on any atom is 0.242 e. The molecule has 7 heteroatoms. The number of hydrogen-bond donors (Lipinski definition) is 4. The molecule has 0 spiro atoms. The van der Waals surface area contributed by atoms with Crippen LogP contribution in [0.3, 0.4) is 0 Å². The van der Waals surface area contributed by atoms with Crippen molar-refractivity contribution in [2.45, 2.75) is 24.3 Å². The van der Waals surface area contributed by atoms with Crippen LogP contribution in [-0.2, 0) is 10.0 Å². The van der Waals surface area contributed by atoms with Crippen molar-refractivity contribution in [2.75, 3.05) is 12.3 Å². The number of aromatic nitrogens is 1. The van der Waals surface area contributed by atoms with Gasteiger partial charge < -0.3 is 15.8 Å². The number of H-pyrrole nitrogens is 1. The first-order valence-corrected chi connectivity index (χ1v) is 7.26. The van der Waals surface area contributed by atoms with Gasteiger partial charge in [0.1, 0.15) is 4.90 Å². The first-order valence-electron chi connectivity index (χ1n) is 5.78. The van der Waals surface area contributed by atoms with E-state index in [1.54, 1.807) is 18.2 Å². The van der Waals surface area contributed by atoms with Gasteiger partial charge in [-0.3, -0.25) is 0 Å². The third-order valence-corrected chi connectivity index (χ3v) is 4.09. The van der Waals surface area contributed by atoms with Crippen LogP contribution in [0, 0.1) is 0 Å². The average Bonchev–Trinajstić information content (AvgIpc) is 2.69. The van der Waals surface area contributed by atoms with E-state index >= 15 is 0 Å². The molecule has 0 aliphatic carbocycles. The molecule has 0 aliphatic heterocycles. The number of rotatable bonds is 4. The molecule has 1 aromatic heterocycles. The Hall–Kier alpha value is -1.57. The van der Waals surface area contributed by atoms with Crippen LogP contribution in [0.15, 0.2) is 29.3 Å². The van der Waals surface area contributed by atoms with E-state index in [0.29, 0.717) is 16.6 Å². The highest BCUT2D eigenvalue weighted by molar-refractivity contribution is 7.89. The van der Waals surface area contributed by atoms with Gasteiger partial charge in [0.2, 0.25) is 10.0 Å². The van der Waals surface area contributed by atoms with Crippen LogP contribution in [0.25, 0.3) is 10.9 Å². The number of aromatic amines is 1. The van der Waals surface area contributed by atoms with Gasteiger partial charge in [0.05, 0.1) is 5.60 Å². The van der Waals surface area contributed by atoms with Crippen molar-refractivity contribution in [3.05, 3.63) is 24.4 Å². The summed E-state index contributed by atoms with van der Waals surface area (Å²) in [6.45, 7) is 3.00. The fourth-order valence-corrected chi connectivity index (χ4v) is 3.06. The summed E-state index contributed by atoms with van der Waals surface area (Å²) in [5.74, 6) is 0. The van der Waals surface area contributed by atoms with Crippen molar-refractivity contribution >= 4 is 26.6 Å². The third-order valence-electron chi connectivity index (χ3n) is 2.65. The van der Waals surface area contributed by atoms with Gasteiger partial charge in [-0.1, -0.05) is 0 Å². The molecule has 2 aromatic rings. The Balaban J connectivity index is 2.41. The predicted octanol–water partition coefficient (Wildman–Crippen LogP) is 0.799. The largest absolute Gasteiger partial charge is 0.399 e. The standard InChI is InChI=1S/C12H17N3O3S/c1-12(2,16)7-15-19(17,18)11-6-14-10-4-3-8(13)5-9(10)11/h3-6,14-16H,7,13H2,1-2H3. The van der Waals surface area contributed by atoms with Gasteiger partial charge in [0.25, 0.3) is 0 Å². The van der Waals surface area contributed by atoms with Crippen molar-refractivity contribution in [1.29, 1.82) is 0 Å². The van der Waals surface area contributed by atoms with E-state index in [1.165, 1.54) is 20.0 Å². The second kappa shape index (κ2) is 4.52. The zero-order valence-corrected chi connectivity index (χ0v) is 11.6. The molecule has 0 fully saturated rings. The number of nitrogens with two attached hydrogens (primary N) is 1. The summed E-state index contributed by atoms with van der Waals surface area (Å²) in [5, 5.41) is 10.1. The molecule has 0 atom stereocenters. The van der Waals surface area contributed by atoms with Gasteiger partial charge >= 0.3 is 0 Å². The highest BCUT2D eigenvalue weighted by Crippen LogP contribution is 2.24. The lowest BCUT2D eigenvalue weighted by molar-refractivity contribution is 0.0857. The van der Waals surface area contributed by atoms with Gasteiger partial charge in [0.15, 0.2) is 0 Å². The van der Waals surface area contributed by atoms with Crippen LogP contribution in [-0.4, -0.2) is 30.7 Å². The van der Waals surface area contributed by atoms with Crippen molar-refractivity contribution in [1.82, 2.24) is 9.71 Å². The minimum absolute atomic E-state index is 0.0652. The highest BCUT2D eigenvalue weighted by Gasteiger charge is 2.22. The Bertz CT molecular complexity index is 699. The summed E-state index contributed by atoms with van der Waals surface area (Å²) in [7, 11) is -3.69. The topological polar surface area (TPSA) is 108 Å². The van der Waals surface area contributed by atoms with E-state index in [0.717, 1.165) is 0 Å². The van der Waals surface area contributed by atoms with Crippen molar-refractivity contribution in [3.63, 3.8) is 0 Å². The van der Waals surface area contributed by atoms with Crippen molar-refractivity contribution in [2.24, 2.45) is 0 Å². The van der Waals surface area contributed by atoms with Crippen LogP contribution < -0.4 is 10.5 Å². The molecule has 0 bridgehead atoms. The van der Waals surface area contributed by atoms with Gasteiger partial charge in [0, 0.05) is 29.3 Å². The van der Waals surface area contributed by atoms with E-state index in [4.69, 9.17) is 5.73 Å². The van der Waals surface area contributed by atoms with E-state index in [1.807, 2.05) is 0 Å². The summed E-state index contributed by atoms with van der Waals surface area (Å²) < 4.78 is 26.7. The molecule has 104 valence electrons. The van der Waals surface area contributed by atoms with Gasteiger partial charge in [-0.25, -0.2) is 13.1 Å². The quantitative estimate of drug-likeness (QED) is 0.622. The van der Waals surface area contributed by atoms with Crippen LogP contribution in [0.4, 0.5) is 5.69 Å². The van der Waals surface area contributed by atoms with Gasteiger partial charge in [-0.2, -0.15) is 0 Å². The molecule has 1 aromatic carbocycles. The Morgan fingerprint density at radius 3 is 2.74 bits per heavy atom. The summed E-state index contributed by atoms with van der Waals surface area (Å²) >= 11 is 0. The summed E-state index contributed by atoms with van der Waals surface area (Å²) in [6, 6.07) is 5.02. The molecular formula is C12H17N3O3S. The summed E-state index contributed by atoms with van der Waals surface area (Å²) in [5.41, 5.74) is 5.74. The van der Waals surface area contributed by atoms with Crippen LogP contribution >= 0.6 is 0 Å². The molecule has 0 saturated heterocycles. The molecule has 0 aliphatic rings. The fraction of sp³-hybridized carbons (Fsp3) is 0.333. The second-order valence-electron chi connectivity index (χ2n) is 5.09. The molecule has 2 rings (SSSR count).